The van der Waals surface area contributed by atoms with E-state index >= 15 is 0 Å². The Hall–Kier alpha value is -2.84. The molecular formula is C28H35F3N2O4. The van der Waals surface area contributed by atoms with Crippen LogP contribution in [0.5, 0.6) is 5.75 Å². The summed E-state index contributed by atoms with van der Waals surface area (Å²) in [4.78, 5) is 41.4. The number of hydrogen-bond donors (Lipinski definition) is 1. The second-order valence-corrected chi connectivity index (χ2v) is 11.2. The lowest BCUT2D eigenvalue weighted by Crippen LogP contribution is -2.66. The van der Waals surface area contributed by atoms with Crippen molar-refractivity contribution < 1.29 is 32.3 Å². The molecule has 2 aliphatic carbocycles. The zero-order valence-corrected chi connectivity index (χ0v) is 21.7. The summed E-state index contributed by atoms with van der Waals surface area (Å²) in [6, 6.07) is 6.45. The van der Waals surface area contributed by atoms with Crippen LogP contribution in [0.15, 0.2) is 35.5 Å². The van der Waals surface area contributed by atoms with Crippen LogP contribution < -0.4 is 10.1 Å². The number of methoxy groups -OCH3 is 1. The third-order valence-corrected chi connectivity index (χ3v) is 7.80. The van der Waals surface area contributed by atoms with Crippen LogP contribution in [0.1, 0.15) is 77.2 Å². The van der Waals surface area contributed by atoms with E-state index < -0.39 is 46.3 Å². The van der Waals surface area contributed by atoms with Crippen LogP contribution in [0.2, 0.25) is 0 Å². The first-order chi connectivity index (χ1) is 17.4. The van der Waals surface area contributed by atoms with Gasteiger partial charge in [-0.15, -0.1) is 0 Å². The molecule has 202 valence electrons. The molecule has 2 amide bonds. The maximum Gasteiger partial charge on any atom is 0.425 e. The Labute approximate surface area is 215 Å². The van der Waals surface area contributed by atoms with Crippen molar-refractivity contribution in [3.8, 4) is 5.75 Å². The quantitative estimate of drug-likeness (QED) is 0.520. The number of allylic oxidation sites excluding steroid dienone is 1. The predicted molar refractivity (Wildman–Crippen MR) is 132 cm³/mol. The molecule has 3 aliphatic rings. The fourth-order valence-electron chi connectivity index (χ4n) is 6.00. The van der Waals surface area contributed by atoms with Crippen LogP contribution in [0, 0.1) is 5.41 Å². The van der Waals surface area contributed by atoms with Crippen molar-refractivity contribution in [2.24, 2.45) is 5.41 Å². The lowest BCUT2D eigenvalue weighted by Gasteiger charge is -2.36. The van der Waals surface area contributed by atoms with Crippen molar-refractivity contribution >= 4 is 17.6 Å². The van der Waals surface area contributed by atoms with Crippen LogP contribution in [-0.2, 0) is 20.8 Å². The third-order valence-electron chi connectivity index (χ3n) is 7.80. The summed E-state index contributed by atoms with van der Waals surface area (Å²) in [5.41, 5.74) is -3.62. The molecule has 37 heavy (non-hydrogen) atoms. The molecule has 0 saturated heterocycles. The minimum absolute atomic E-state index is 0.114. The number of hydrogen-bond acceptors (Lipinski definition) is 4. The molecule has 1 saturated carbocycles. The topological polar surface area (TPSA) is 75.7 Å². The predicted octanol–water partition coefficient (Wildman–Crippen LogP) is 5.25. The monoisotopic (exact) mass is 520 g/mol. The fraction of sp³-hybridized carbons (Fsp3) is 0.607. The van der Waals surface area contributed by atoms with Gasteiger partial charge in [-0.25, -0.2) is 0 Å². The number of alkyl halides is 3. The zero-order chi connectivity index (χ0) is 27.0. The van der Waals surface area contributed by atoms with E-state index in [9.17, 15) is 27.6 Å². The zero-order valence-electron chi connectivity index (χ0n) is 21.7. The molecule has 1 aromatic carbocycles. The summed E-state index contributed by atoms with van der Waals surface area (Å²) in [6.45, 7) is 3.65. The summed E-state index contributed by atoms with van der Waals surface area (Å²) in [6.07, 6.45) is -0.497. The molecule has 0 radical (unpaired) electrons. The summed E-state index contributed by atoms with van der Waals surface area (Å²) in [5, 5.41) is 2.06. The SMILES string of the molecule is COc1ccc(CCC(=O)N[C@]2(C(F)(F)F)C(=O)N(C3CCCCCC3)C3=C2C(=O)CC(C)(C)C3)cc1. The second-order valence-electron chi connectivity index (χ2n) is 11.2. The molecule has 9 heteroatoms. The molecule has 1 aromatic rings. The molecule has 0 spiro atoms. The van der Waals surface area contributed by atoms with E-state index in [4.69, 9.17) is 4.74 Å². The Morgan fingerprint density at radius 1 is 1.05 bits per heavy atom. The highest BCUT2D eigenvalue weighted by Crippen LogP contribution is 2.53. The Balaban J connectivity index is 1.70. The average Bonchev–Trinajstić information content (AvgIpc) is 2.97. The Morgan fingerprint density at radius 3 is 2.24 bits per heavy atom. The molecule has 0 unspecified atom stereocenters. The molecule has 6 nitrogen and oxygen atoms in total. The number of nitrogens with zero attached hydrogens (tertiary/aromatic N) is 1. The summed E-state index contributed by atoms with van der Waals surface area (Å²) in [5.74, 6) is -2.25. The first-order valence-corrected chi connectivity index (χ1v) is 13.0. The molecule has 1 aliphatic heterocycles. The van der Waals surface area contributed by atoms with Gasteiger partial charge in [0.2, 0.25) is 11.4 Å². The number of carbonyl (C=O) groups excluding carboxylic acids is 3. The highest BCUT2D eigenvalue weighted by Gasteiger charge is 2.72. The number of nitrogens with one attached hydrogen (secondary N) is 1. The Morgan fingerprint density at radius 2 is 1.68 bits per heavy atom. The van der Waals surface area contributed by atoms with Crippen molar-refractivity contribution in [1.29, 1.82) is 0 Å². The van der Waals surface area contributed by atoms with Crippen LogP contribution in [0.4, 0.5) is 13.2 Å². The van der Waals surface area contributed by atoms with Gasteiger partial charge in [0.25, 0.3) is 5.91 Å². The molecule has 1 fully saturated rings. The molecule has 0 bridgehead atoms. The highest BCUT2D eigenvalue weighted by molar-refractivity contribution is 6.13. The summed E-state index contributed by atoms with van der Waals surface area (Å²) < 4.78 is 50.0. The maximum atomic E-state index is 15.0. The normalized spacial score (nSPS) is 24.6. The van der Waals surface area contributed by atoms with E-state index in [1.807, 2.05) is 13.8 Å². The van der Waals surface area contributed by atoms with Crippen molar-refractivity contribution in [1.82, 2.24) is 10.2 Å². The van der Waals surface area contributed by atoms with Gasteiger partial charge in [-0.05, 0) is 48.8 Å². The molecule has 1 atom stereocenters. The number of aryl methyl sites for hydroxylation is 1. The maximum absolute atomic E-state index is 15.0. The van der Waals surface area contributed by atoms with Gasteiger partial charge in [-0.1, -0.05) is 51.7 Å². The molecule has 4 rings (SSSR count). The van der Waals surface area contributed by atoms with Crippen molar-refractivity contribution in [3.05, 3.63) is 41.1 Å². The van der Waals surface area contributed by atoms with E-state index in [1.165, 1.54) is 12.0 Å². The van der Waals surface area contributed by atoms with Gasteiger partial charge in [-0.2, -0.15) is 13.2 Å². The highest BCUT2D eigenvalue weighted by atomic mass is 19.4. The number of rotatable bonds is 6. The number of Topliss-reactive ketones (excluding diaryl/α,β-unsaturated/α-hetero) is 1. The van der Waals surface area contributed by atoms with Gasteiger partial charge in [0.1, 0.15) is 5.75 Å². The largest absolute Gasteiger partial charge is 0.497 e. The number of halogens is 3. The van der Waals surface area contributed by atoms with Crippen LogP contribution in [0.25, 0.3) is 0 Å². The number of ketones is 1. The minimum atomic E-state index is -5.17. The Bertz CT molecular complexity index is 1090. The number of benzene rings is 1. The number of ether oxygens (including phenoxy) is 1. The van der Waals surface area contributed by atoms with Crippen LogP contribution in [-0.4, -0.2) is 47.4 Å². The molecule has 0 aromatic heterocycles. The first-order valence-electron chi connectivity index (χ1n) is 13.0. The average molecular weight is 521 g/mol. The first kappa shape index (κ1) is 27.2. The van der Waals surface area contributed by atoms with Gasteiger partial charge >= 0.3 is 6.18 Å². The smallest absolute Gasteiger partial charge is 0.425 e. The second kappa shape index (κ2) is 10.1. The third kappa shape index (κ3) is 5.14. The molecule has 1 N–H and O–H groups in total. The lowest BCUT2D eigenvalue weighted by atomic mass is 9.72. The molecular weight excluding hydrogens is 485 g/mol. The summed E-state index contributed by atoms with van der Waals surface area (Å²) in [7, 11) is 1.52. The van der Waals surface area contributed by atoms with Gasteiger partial charge in [-0.3, -0.25) is 14.4 Å². The molecule has 1 heterocycles. The van der Waals surface area contributed by atoms with Gasteiger partial charge < -0.3 is 15.0 Å². The van der Waals surface area contributed by atoms with Gasteiger partial charge in [0, 0.05) is 24.6 Å². The van der Waals surface area contributed by atoms with Crippen LogP contribution >= 0.6 is 0 Å². The fourth-order valence-corrected chi connectivity index (χ4v) is 6.00. The van der Waals surface area contributed by atoms with Gasteiger partial charge in [0.05, 0.1) is 12.7 Å². The Kier molecular flexibility index (Phi) is 7.45. The van der Waals surface area contributed by atoms with E-state index in [1.54, 1.807) is 24.3 Å². The minimum Gasteiger partial charge on any atom is -0.497 e. The van der Waals surface area contributed by atoms with Crippen molar-refractivity contribution in [2.75, 3.05) is 7.11 Å². The van der Waals surface area contributed by atoms with E-state index in [-0.39, 0.29) is 31.4 Å². The standard InChI is InChI=1S/C28H35F3N2O4/c1-26(2)16-21-24(22(34)17-26)27(28(29,30)31,25(36)33(21)19-8-6-4-5-7-9-19)32-23(35)15-12-18-10-13-20(37-3)14-11-18/h10-11,13-14,19H,4-9,12,15-17H2,1-3H3,(H,32,35)/t27-/m0/s1. The summed E-state index contributed by atoms with van der Waals surface area (Å²) >= 11 is 0. The lowest BCUT2D eigenvalue weighted by molar-refractivity contribution is -0.195. The van der Waals surface area contributed by atoms with E-state index in [0.29, 0.717) is 18.6 Å². The van der Waals surface area contributed by atoms with E-state index in [2.05, 4.69) is 5.32 Å². The van der Waals surface area contributed by atoms with Crippen molar-refractivity contribution in [3.63, 3.8) is 0 Å². The number of carbonyl (C=O) groups is 3. The van der Waals surface area contributed by atoms with Gasteiger partial charge in [0.15, 0.2) is 5.78 Å². The van der Waals surface area contributed by atoms with Crippen LogP contribution in [0.3, 0.4) is 0 Å². The van der Waals surface area contributed by atoms with E-state index in [0.717, 1.165) is 31.2 Å². The number of amides is 2. The van der Waals surface area contributed by atoms with Crippen molar-refractivity contribution in [2.45, 2.75) is 95.8 Å².